The molecule has 1 aliphatic heterocycles. The molecule has 5 atom stereocenters. The summed E-state index contributed by atoms with van der Waals surface area (Å²) in [5.41, 5.74) is 7.20. The first-order valence-electron chi connectivity index (χ1n) is 9.74. The Morgan fingerprint density at radius 3 is 2.77 bits per heavy atom. The van der Waals surface area contributed by atoms with Crippen molar-refractivity contribution in [3.63, 3.8) is 0 Å². The maximum Gasteiger partial charge on any atom is 0.225 e. The quantitative estimate of drug-likeness (QED) is 0.838. The SMILES string of the molecule is NC1C2CCC(C2)C1C(=O)NCC(c1cccc(F)c1)N1CCOCC1. The number of benzene rings is 1. The van der Waals surface area contributed by atoms with Gasteiger partial charge < -0.3 is 15.8 Å². The molecule has 2 aliphatic carbocycles. The highest BCUT2D eigenvalue weighted by Gasteiger charge is 2.49. The van der Waals surface area contributed by atoms with Crippen LogP contribution in [0.4, 0.5) is 4.39 Å². The van der Waals surface area contributed by atoms with Crippen LogP contribution in [0.3, 0.4) is 0 Å². The van der Waals surface area contributed by atoms with Crippen LogP contribution in [0.1, 0.15) is 30.9 Å². The first-order chi connectivity index (χ1) is 12.6. The fraction of sp³-hybridized carbons (Fsp3) is 0.650. The fourth-order valence-corrected chi connectivity index (χ4v) is 5.10. The van der Waals surface area contributed by atoms with Gasteiger partial charge in [0.25, 0.3) is 0 Å². The molecule has 6 heteroatoms. The third-order valence-corrected chi connectivity index (χ3v) is 6.47. The Labute approximate surface area is 154 Å². The van der Waals surface area contributed by atoms with Crippen LogP contribution < -0.4 is 11.1 Å². The van der Waals surface area contributed by atoms with E-state index in [1.807, 2.05) is 6.07 Å². The lowest BCUT2D eigenvalue weighted by atomic mass is 9.84. The first kappa shape index (κ1) is 17.9. The Hall–Kier alpha value is -1.50. The topological polar surface area (TPSA) is 67.6 Å². The fourth-order valence-electron chi connectivity index (χ4n) is 5.10. The van der Waals surface area contributed by atoms with Crippen LogP contribution in [0.5, 0.6) is 0 Å². The number of ether oxygens (including phenoxy) is 1. The van der Waals surface area contributed by atoms with Gasteiger partial charge in [-0.05, 0) is 48.8 Å². The number of nitrogens with zero attached hydrogens (tertiary/aromatic N) is 1. The smallest absolute Gasteiger partial charge is 0.225 e. The lowest BCUT2D eigenvalue weighted by molar-refractivity contribution is -0.127. The van der Waals surface area contributed by atoms with Gasteiger partial charge in [0.05, 0.1) is 25.2 Å². The van der Waals surface area contributed by atoms with E-state index in [-0.39, 0.29) is 29.7 Å². The van der Waals surface area contributed by atoms with Crippen LogP contribution in [0.15, 0.2) is 24.3 Å². The second-order valence-corrected chi connectivity index (χ2v) is 7.90. The van der Waals surface area contributed by atoms with Gasteiger partial charge in [-0.1, -0.05) is 12.1 Å². The molecule has 26 heavy (non-hydrogen) atoms. The molecule has 2 saturated carbocycles. The molecule has 1 amide bonds. The molecule has 3 fully saturated rings. The van der Waals surface area contributed by atoms with Gasteiger partial charge in [-0.15, -0.1) is 0 Å². The van der Waals surface area contributed by atoms with Crippen molar-refractivity contribution < 1.29 is 13.9 Å². The average molecular weight is 361 g/mol. The van der Waals surface area contributed by atoms with E-state index in [4.69, 9.17) is 10.5 Å². The van der Waals surface area contributed by atoms with Crippen molar-refractivity contribution in [3.8, 4) is 0 Å². The molecular formula is C20H28FN3O2. The van der Waals surface area contributed by atoms with E-state index < -0.39 is 0 Å². The predicted molar refractivity (Wildman–Crippen MR) is 96.8 cm³/mol. The van der Waals surface area contributed by atoms with Crippen LogP contribution in [-0.4, -0.2) is 49.7 Å². The lowest BCUT2D eigenvalue weighted by Gasteiger charge is -2.35. The minimum atomic E-state index is -0.248. The molecule has 3 aliphatic rings. The number of carbonyl (C=O) groups excluding carboxylic acids is 1. The molecule has 5 unspecified atom stereocenters. The summed E-state index contributed by atoms with van der Waals surface area (Å²) in [6.45, 7) is 3.37. The summed E-state index contributed by atoms with van der Waals surface area (Å²) >= 11 is 0. The molecule has 1 saturated heterocycles. The number of carbonyl (C=O) groups is 1. The van der Waals surface area contributed by atoms with Crippen LogP contribution in [0.2, 0.25) is 0 Å². The number of nitrogens with one attached hydrogen (secondary N) is 1. The molecule has 5 nitrogen and oxygen atoms in total. The van der Waals surface area contributed by atoms with E-state index in [1.54, 1.807) is 12.1 Å². The second kappa shape index (κ2) is 7.62. The van der Waals surface area contributed by atoms with Gasteiger partial charge in [0, 0.05) is 25.7 Å². The van der Waals surface area contributed by atoms with Crippen LogP contribution in [0.25, 0.3) is 0 Å². The van der Waals surface area contributed by atoms with Crippen molar-refractivity contribution in [1.29, 1.82) is 0 Å². The third-order valence-electron chi connectivity index (χ3n) is 6.47. The lowest BCUT2D eigenvalue weighted by Crippen LogP contribution is -2.48. The number of rotatable bonds is 5. The molecule has 1 aromatic rings. The molecule has 0 aromatic heterocycles. The van der Waals surface area contributed by atoms with E-state index in [0.29, 0.717) is 31.6 Å². The van der Waals surface area contributed by atoms with Crippen LogP contribution in [-0.2, 0) is 9.53 Å². The maximum absolute atomic E-state index is 13.7. The molecule has 0 spiro atoms. The van der Waals surface area contributed by atoms with Crippen molar-refractivity contribution in [2.75, 3.05) is 32.8 Å². The van der Waals surface area contributed by atoms with Crippen LogP contribution >= 0.6 is 0 Å². The summed E-state index contributed by atoms with van der Waals surface area (Å²) in [7, 11) is 0. The van der Waals surface area contributed by atoms with E-state index in [2.05, 4.69) is 10.2 Å². The number of halogens is 1. The monoisotopic (exact) mass is 361 g/mol. The second-order valence-electron chi connectivity index (χ2n) is 7.90. The molecule has 0 radical (unpaired) electrons. The molecule has 1 aromatic carbocycles. The summed E-state index contributed by atoms with van der Waals surface area (Å²) in [5.74, 6) is 0.702. The van der Waals surface area contributed by atoms with E-state index in [1.165, 1.54) is 6.07 Å². The summed E-state index contributed by atoms with van der Waals surface area (Å²) in [5, 5.41) is 3.13. The van der Waals surface area contributed by atoms with E-state index in [0.717, 1.165) is 37.9 Å². The van der Waals surface area contributed by atoms with E-state index in [9.17, 15) is 9.18 Å². The Morgan fingerprint density at radius 1 is 1.31 bits per heavy atom. The van der Waals surface area contributed by atoms with Crippen molar-refractivity contribution in [1.82, 2.24) is 10.2 Å². The Balaban J connectivity index is 1.45. The highest BCUT2D eigenvalue weighted by Crippen LogP contribution is 2.47. The average Bonchev–Trinajstić information content (AvgIpc) is 3.24. The van der Waals surface area contributed by atoms with Gasteiger partial charge in [0.1, 0.15) is 5.82 Å². The zero-order valence-electron chi connectivity index (χ0n) is 15.1. The molecular weight excluding hydrogens is 333 g/mol. The van der Waals surface area contributed by atoms with Crippen molar-refractivity contribution in [3.05, 3.63) is 35.6 Å². The number of nitrogens with two attached hydrogens (primary N) is 1. The van der Waals surface area contributed by atoms with E-state index >= 15 is 0 Å². The third kappa shape index (κ3) is 3.50. The molecule has 1 heterocycles. The van der Waals surface area contributed by atoms with Crippen molar-refractivity contribution >= 4 is 5.91 Å². The summed E-state index contributed by atoms with van der Waals surface area (Å²) in [6, 6.07) is 6.62. The van der Waals surface area contributed by atoms with Crippen molar-refractivity contribution in [2.45, 2.75) is 31.3 Å². The Kier molecular flexibility index (Phi) is 5.25. The Bertz CT molecular complexity index is 648. The normalized spacial score (nSPS) is 32.5. The number of amides is 1. The number of hydrogen-bond acceptors (Lipinski definition) is 4. The highest BCUT2D eigenvalue weighted by molar-refractivity contribution is 5.80. The largest absolute Gasteiger partial charge is 0.379 e. The van der Waals surface area contributed by atoms with Gasteiger partial charge in [-0.2, -0.15) is 0 Å². The predicted octanol–water partition coefficient (Wildman–Crippen LogP) is 1.69. The van der Waals surface area contributed by atoms with Crippen molar-refractivity contribution in [2.24, 2.45) is 23.5 Å². The van der Waals surface area contributed by atoms with Gasteiger partial charge in [-0.3, -0.25) is 9.69 Å². The summed E-state index contributed by atoms with van der Waals surface area (Å²) < 4.78 is 19.2. The summed E-state index contributed by atoms with van der Waals surface area (Å²) in [6.07, 6.45) is 3.37. The number of hydrogen-bond donors (Lipinski definition) is 2. The number of morpholine rings is 1. The van der Waals surface area contributed by atoms with Gasteiger partial charge >= 0.3 is 0 Å². The zero-order valence-corrected chi connectivity index (χ0v) is 15.1. The summed E-state index contributed by atoms with van der Waals surface area (Å²) in [4.78, 5) is 15.1. The number of fused-ring (bicyclic) bond motifs is 2. The van der Waals surface area contributed by atoms with Gasteiger partial charge in [-0.25, -0.2) is 4.39 Å². The van der Waals surface area contributed by atoms with Gasteiger partial charge in [0.2, 0.25) is 5.91 Å². The molecule has 4 rings (SSSR count). The first-order valence-corrected chi connectivity index (χ1v) is 9.74. The zero-order chi connectivity index (χ0) is 18.1. The van der Waals surface area contributed by atoms with Gasteiger partial charge in [0.15, 0.2) is 0 Å². The molecule has 3 N–H and O–H groups in total. The van der Waals surface area contributed by atoms with Crippen LogP contribution in [0, 0.1) is 23.6 Å². The molecule has 142 valence electrons. The minimum absolute atomic E-state index is 0.00948. The standard InChI is InChI=1S/C20H28FN3O2/c21-16-3-1-2-13(11-16)17(24-6-8-26-9-7-24)12-23-20(25)18-14-4-5-15(10-14)19(18)22/h1-3,11,14-15,17-19H,4-10,12,22H2,(H,23,25). The maximum atomic E-state index is 13.7. The Morgan fingerprint density at radius 2 is 2.08 bits per heavy atom. The minimum Gasteiger partial charge on any atom is -0.379 e. The molecule has 2 bridgehead atoms. The highest BCUT2D eigenvalue weighted by atomic mass is 19.1.